The number of para-hydroxylation sites is 2. The first-order valence-electron chi connectivity index (χ1n) is 11.4. The molecule has 0 atom stereocenters. The van der Waals surface area contributed by atoms with Gasteiger partial charge in [-0.05, 0) is 44.2 Å². The number of nitrogens with zero attached hydrogens (tertiary/aromatic N) is 3. The molecule has 0 saturated carbocycles. The molecule has 1 saturated heterocycles. The lowest BCUT2D eigenvalue weighted by atomic mass is 10.2. The zero-order chi connectivity index (χ0) is 23.6. The summed E-state index contributed by atoms with van der Waals surface area (Å²) in [5.74, 6) is 0.577. The number of amides is 3. The molecule has 1 fully saturated rings. The molecule has 9 nitrogen and oxygen atoms in total. The number of carboxylic acid groups (broad SMARTS) is 1. The zero-order valence-corrected chi connectivity index (χ0v) is 19.3. The molecule has 0 aliphatic carbocycles. The number of piperazine rings is 1. The first-order valence-corrected chi connectivity index (χ1v) is 11.4. The van der Waals surface area contributed by atoms with Gasteiger partial charge in [-0.1, -0.05) is 18.2 Å². The third kappa shape index (κ3) is 6.76. The minimum Gasteiger partial charge on any atom is -0.492 e. The van der Waals surface area contributed by atoms with Crippen molar-refractivity contribution in [3.05, 3.63) is 48.5 Å². The molecule has 1 aliphatic rings. The van der Waals surface area contributed by atoms with Crippen molar-refractivity contribution < 1.29 is 19.4 Å². The van der Waals surface area contributed by atoms with Gasteiger partial charge < -0.3 is 25.4 Å². The average molecular weight is 456 g/mol. The molecule has 0 spiro atoms. The third-order valence-corrected chi connectivity index (χ3v) is 5.51. The summed E-state index contributed by atoms with van der Waals surface area (Å²) in [6, 6.07) is 14.8. The van der Waals surface area contributed by atoms with E-state index in [9.17, 15) is 14.7 Å². The van der Waals surface area contributed by atoms with Gasteiger partial charge in [0.25, 0.3) is 0 Å². The monoisotopic (exact) mass is 455 g/mol. The Morgan fingerprint density at radius 3 is 2.52 bits per heavy atom. The number of nitrogens with one attached hydrogen (secondary N) is 2. The highest BCUT2D eigenvalue weighted by molar-refractivity contribution is 5.90. The lowest BCUT2D eigenvalue weighted by molar-refractivity contribution is 0.198. The molecule has 3 rings (SSSR count). The van der Waals surface area contributed by atoms with Gasteiger partial charge in [0.1, 0.15) is 5.75 Å². The number of urea groups is 1. The summed E-state index contributed by atoms with van der Waals surface area (Å²) in [5.41, 5.74) is 2.38. The maximum atomic E-state index is 11.9. The van der Waals surface area contributed by atoms with E-state index in [1.165, 1.54) is 4.90 Å². The van der Waals surface area contributed by atoms with Crippen LogP contribution in [0.4, 0.5) is 26.7 Å². The molecule has 33 heavy (non-hydrogen) atoms. The summed E-state index contributed by atoms with van der Waals surface area (Å²) in [4.78, 5) is 29.6. The Hall–Kier alpha value is -3.46. The number of benzene rings is 2. The van der Waals surface area contributed by atoms with Crippen LogP contribution >= 0.6 is 0 Å². The van der Waals surface area contributed by atoms with Gasteiger partial charge >= 0.3 is 12.1 Å². The smallest absolute Gasteiger partial charge is 0.411 e. The molecular weight excluding hydrogens is 422 g/mol. The standard InChI is InChI=1S/C24H33N5O4/c1-3-25-23(30)26-19-8-7-9-20(18-19)28-15-12-27(13-16-28)14-17-29(24(31)32)21-10-5-6-11-22(21)33-4-2/h5-11,18H,3-4,12-17H2,1-2H3,(H,31,32)(H2,25,26,30). The summed E-state index contributed by atoms with van der Waals surface area (Å²) in [6.07, 6.45) is -0.989. The van der Waals surface area contributed by atoms with Crippen LogP contribution in [0.3, 0.4) is 0 Å². The SMILES string of the molecule is CCNC(=O)Nc1cccc(N2CCN(CCN(C(=O)O)c3ccccc3OCC)CC2)c1. The van der Waals surface area contributed by atoms with Crippen molar-refractivity contribution in [1.82, 2.24) is 10.2 Å². The fourth-order valence-corrected chi connectivity index (χ4v) is 3.86. The number of ether oxygens (including phenoxy) is 1. The Morgan fingerprint density at radius 1 is 1.06 bits per heavy atom. The van der Waals surface area contributed by atoms with Gasteiger partial charge in [-0.2, -0.15) is 0 Å². The van der Waals surface area contributed by atoms with Crippen LogP contribution in [0.1, 0.15) is 13.8 Å². The molecule has 178 valence electrons. The third-order valence-electron chi connectivity index (χ3n) is 5.51. The van der Waals surface area contributed by atoms with Crippen LogP contribution in [-0.2, 0) is 0 Å². The Labute approximate surface area is 194 Å². The molecule has 0 radical (unpaired) electrons. The van der Waals surface area contributed by atoms with Crippen LogP contribution in [-0.4, -0.2) is 74.6 Å². The molecule has 3 N–H and O–H groups in total. The number of anilines is 3. The molecule has 0 aromatic heterocycles. The molecule has 3 amide bonds. The quantitative estimate of drug-likeness (QED) is 0.535. The predicted molar refractivity (Wildman–Crippen MR) is 131 cm³/mol. The molecule has 1 heterocycles. The Morgan fingerprint density at radius 2 is 1.82 bits per heavy atom. The first-order chi connectivity index (χ1) is 16.0. The van der Waals surface area contributed by atoms with E-state index in [0.29, 0.717) is 37.7 Å². The molecular formula is C24H33N5O4. The van der Waals surface area contributed by atoms with E-state index >= 15 is 0 Å². The van der Waals surface area contributed by atoms with E-state index in [4.69, 9.17) is 4.74 Å². The van der Waals surface area contributed by atoms with E-state index in [2.05, 4.69) is 20.4 Å². The predicted octanol–water partition coefficient (Wildman–Crippen LogP) is 3.53. The molecule has 0 bridgehead atoms. The first kappa shape index (κ1) is 24.2. The largest absolute Gasteiger partial charge is 0.492 e. The highest BCUT2D eigenvalue weighted by Gasteiger charge is 2.22. The number of hydrogen-bond acceptors (Lipinski definition) is 5. The number of hydrogen-bond donors (Lipinski definition) is 3. The second kappa shape index (κ2) is 12.0. The fourth-order valence-electron chi connectivity index (χ4n) is 3.86. The van der Waals surface area contributed by atoms with Crippen LogP contribution in [0.5, 0.6) is 5.75 Å². The van der Waals surface area contributed by atoms with Gasteiger partial charge in [0.05, 0.1) is 12.3 Å². The maximum Gasteiger partial charge on any atom is 0.411 e. The van der Waals surface area contributed by atoms with E-state index in [1.54, 1.807) is 12.1 Å². The molecule has 2 aromatic carbocycles. The van der Waals surface area contributed by atoms with Crippen LogP contribution in [0.25, 0.3) is 0 Å². The summed E-state index contributed by atoms with van der Waals surface area (Å²) in [5, 5.41) is 15.3. The second-order valence-electron chi connectivity index (χ2n) is 7.70. The van der Waals surface area contributed by atoms with Gasteiger partial charge in [-0.15, -0.1) is 0 Å². The van der Waals surface area contributed by atoms with Crippen molar-refractivity contribution >= 4 is 29.2 Å². The zero-order valence-electron chi connectivity index (χ0n) is 19.3. The van der Waals surface area contributed by atoms with Crippen molar-refractivity contribution in [3.63, 3.8) is 0 Å². The molecule has 0 unspecified atom stereocenters. The Kier molecular flexibility index (Phi) is 8.77. The second-order valence-corrected chi connectivity index (χ2v) is 7.70. The number of carbonyl (C=O) groups is 2. The topological polar surface area (TPSA) is 97.4 Å². The summed E-state index contributed by atoms with van der Waals surface area (Å²) in [7, 11) is 0. The van der Waals surface area contributed by atoms with Crippen molar-refractivity contribution in [3.8, 4) is 5.75 Å². The normalized spacial score (nSPS) is 13.9. The van der Waals surface area contributed by atoms with E-state index < -0.39 is 6.09 Å². The fraction of sp³-hybridized carbons (Fsp3) is 0.417. The average Bonchev–Trinajstić information content (AvgIpc) is 2.81. The van der Waals surface area contributed by atoms with Crippen molar-refractivity contribution in [2.45, 2.75) is 13.8 Å². The number of carbonyl (C=O) groups excluding carboxylic acids is 1. The van der Waals surface area contributed by atoms with Gasteiger partial charge in [0.15, 0.2) is 0 Å². The van der Waals surface area contributed by atoms with Gasteiger partial charge in [-0.3, -0.25) is 9.80 Å². The van der Waals surface area contributed by atoms with Crippen molar-refractivity contribution in [1.29, 1.82) is 0 Å². The highest BCUT2D eigenvalue weighted by atomic mass is 16.5. The van der Waals surface area contributed by atoms with Crippen molar-refractivity contribution in [2.24, 2.45) is 0 Å². The summed E-state index contributed by atoms with van der Waals surface area (Å²) < 4.78 is 5.61. The van der Waals surface area contributed by atoms with Crippen LogP contribution in [0, 0.1) is 0 Å². The molecule has 1 aliphatic heterocycles. The van der Waals surface area contributed by atoms with Crippen molar-refractivity contribution in [2.75, 3.05) is 67.5 Å². The van der Waals surface area contributed by atoms with Crippen LogP contribution < -0.4 is 25.2 Å². The van der Waals surface area contributed by atoms with E-state index in [1.807, 2.05) is 50.2 Å². The Balaban J connectivity index is 1.55. The van der Waals surface area contributed by atoms with Crippen LogP contribution in [0.2, 0.25) is 0 Å². The van der Waals surface area contributed by atoms with Gasteiger partial charge in [0, 0.05) is 57.2 Å². The molecule has 9 heteroatoms. The van der Waals surface area contributed by atoms with Crippen LogP contribution in [0.15, 0.2) is 48.5 Å². The Bertz CT molecular complexity index is 931. The van der Waals surface area contributed by atoms with E-state index in [0.717, 1.165) is 37.6 Å². The number of rotatable bonds is 9. The minimum atomic E-state index is -0.989. The maximum absolute atomic E-state index is 11.9. The lowest BCUT2D eigenvalue weighted by Crippen LogP contribution is -2.49. The summed E-state index contributed by atoms with van der Waals surface area (Å²) in [6.45, 7) is 9.13. The lowest BCUT2D eigenvalue weighted by Gasteiger charge is -2.37. The van der Waals surface area contributed by atoms with E-state index in [-0.39, 0.29) is 6.03 Å². The van der Waals surface area contributed by atoms with Gasteiger partial charge in [0.2, 0.25) is 0 Å². The summed E-state index contributed by atoms with van der Waals surface area (Å²) >= 11 is 0. The molecule has 2 aromatic rings. The van der Waals surface area contributed by atoms with Gasteiger partial charge in [-0.25, -0.2) is 9.59 Å². The minimum absolute atomic E-state index is 0.214. The highest BCUT2D eigenvalue weighted by Crippen LogP contribution is 2.28.